The Morgan fingerprint density at radius 1 is 0.946 bits per heavy atom. The van der Waals surface area contributed by atoms with Crippen molar-refractivity contribution >= 4 is 17.5 Å². The molecule has 0 fully saturated rings. The largest absolute Gasteiger partial charge is 0.573 e. The molecule has 0 aliphatic rings. The molecule has 196 valence electrons. The smallest absolute Gasteiger partial charge is 0.493 e. The number of anilines is 1. The fourth-order valence-corrected chi connectivity index (χ4v) is 2.99. The van der Waals surface area contributed by atoms with Crippen LogP contribution < -0.4 is 25.3 Å². The first kappa shape index (κ1) is 27.0. The molecule has 0 radical (unpaired) electrons. The van der Waals surface area contributed by atoms with Gasteiger partial charge in [-0.05, 0) is 24.6 Å². The zero-order valence-electron chi connectivity index (χ0n) is 18.7. The van der Waals surface area contributed by atoms with Gasteiger partial charge >= 0.3 is 12.5 Å². The van der Waals surface area contributed by atoms with Crippen LogP contribution >= 0.6 is 0 Å². The maximum absolute atomic E-state index is 13.5. The molecule has 0 saturated carbocycles. The van der Waals surface area contributed by atoms with Crippen molar-refractivity contribution < 1.29 is 50.1 Å². The highest BCUT2D eigenvalue weighted by atomic mass is 19.4. The molecule has 2 aromatic heterocycles. The van der Waals surface area contributed by atoms with E-state index in [-0.39, 0.29) is 23.0 Å². The van der Waals surface area contributed by atoms with Crippen LogP contribution in [0.15, 0.2) is 36.8 Å². The summed E-state index contributed by atoms with van der Waals surface area (Å²) in [7, 11) is 1.10. The number of amides is 2. The van der Waals surface area contributed by atoms with Crippen LogP contribution in [0.4, 0.5) is 32.0 Å². The van der Waals surface area contributed by atoms with Gasteiger partial charge < -0.3 is 25.3 Å². The summed E-state index contributed by atoms with van der Waals surface area (Å²) in [4.78, 5) is 34.7. The Labute approximate surface area is 203 Å². The fourth-order valence-electron chi connectivity index (χ4n) is 2.99. The highest BCUT2D eigenvalue weighted by molar-refractivity contribution is 6.07. The molecular weight excluding hydrogens is 516 g/mol. The Morgan fingerprint density at radius 3 is 2.14 bits per heavy atom. The first-order chi connectivity index (χ1) is 17.2. The Kier molecular flexibility index (Phi) is 7.40. The predicted octanol–water partition coefficient (Wildman–Crippen LogP) is 4.25. The Bertz CT molecular complexity index is 1330. The minimum atomic E-state index is -4.99. The lowest BCUT2D eigenvalue weighted by Crippen LogP contribution is -2.20. The van der Waals surface area contributed by atoms with E-state index in [4.69, 9.17) is 15.2 Å². The standard InChI is InChI=1S/C21H15F6N5O5/c1-9-15(19(34)32-10-6-30-18(17(28)33)31-7-10)14(8-29-16(9)20(22,23)24)36-12-4-3-11(5-13(12)35-2)37-21(25,26)27/h3-8H,1-2H3,(H2,28,33)(H,32,34). The van der Waals surface area contributed by atoms with Crippen molar-refractivity contribution in [2.45, 2.75) is 19.5 Å². The second-order valence-electron chi connectivity index (χ2n) is 7.05. The summed E-state index contributed by atoms with van der Waals surface area (Å²) < 4.78 is 92.3. The zero-order chi connectivity index (χ0) is 27.5. The molecule has 0 atom stereocenters. The number of nitrogens with two attached hydrogens (primary N) is 1. The lowest BCUT2D eigenvalue weighted by atomic mass is 10.1. The number of ether oxygens (including phenoxy) is 3. The SMILES string of the molecule is COc1cc(OC(F)(F)F)ccc1Oc1cnc(C(F)(F)F)c(C)c1C(=O)Nc1cnc(C(N)=O)nc1. The highest BCUT2D eigenvalue weighted by Gasteiger charge is 2.37. The second-order valence-corrected chi connectivity index (χ2v) is 7.05. The molecule has 2 heterocycles. The quantitative estimate of drug-likeness (QED) is 0.432. The van der Waals surface area contributed by atoms with E-state index in [2.05, 4.69) is 25.0 Å². The molecule has 1 aromatic carbocycles. The maximum Gasteiger partial charge on any atom is 0.573 e. The van der Waals surface area contributed by atoms with E-state index in [0.29, 0.717) is 6.20 Å². The van der Waals surface area contributed by atoms with Gasteiger partial charge in [-0.3, -0.25) is 9.59 Å². The average Bonchev–Trinajstić information content (AvgIpc) is 2.78. The van der Waals surface area contributed by atoms with Gasteiger partial charge in [0.15, 0.2) is 17.2 Å². The lowest BCUT2D eigenvalue weighted by molar-refractivity contribution is -0.274. The van der Waals surface area contributed by atoms with Crippen LogP contribution in [0.2, 0.25) is 0 Å². The van der Waals surface area contributed by atoms with Crippen molar-refractivity contribution in [3.63, 3.8) is 0 Å². The minimum absolute atomic E-state index is 0.100. The molecule has 37 heavy (non-hydrogen) atoms. The number of carbonyl (C=O) groups excluding carboxylic acids is 2. The molecule has 3 rings (SSSR count). The normalized spacial score (nSPS) is 11.6. The number of nitrogens with one attached hydrogen (secondary N) is 1. The van der Waals surface area contributed by atoms with Gasteiger partial charge in [0, 0.05) is 6.07 Å². The number of halogens is 6. The third-order valence-corrected chi connectivity index (χ3v) is 4.50. The first-order valence-electron chi connectivity index (χ1n) is 9.81. The number of carbonyl (C=O) groups is 2. The van der Waals surface area contributed by atoms with E-state index in [1.807, 2.05) is 0 Å². The fraction of sp³-hybridized carbons (Fsp3) is 0.190. The van der Waals surface area contributed by atoms with Crippen molar-refractivity contribution in [2.75, 3.05) is 12.4 Å². The van der Waals surface area contributed by atoms with Gasteiger partial charge in [0.05, 0.1) is 37.0 Å². The number of rotatable bonds is 7. The number of aromatic nitrogens is 3. The van der Waals surface area contributed by atoms with Crippen LogP contribution in [0, 0.1) is 6.92 Å². The molecule has 0 unspecified atom stereocenters. The molecule has 0 spiro atoms. The van der Waals surface area contributed by atoms with Crippen molar-refractivity contribution in [3.8, 4) is 23.0 Å². The van der Waals surface area contributed by atoms with Gasteiger partial charge in [-0.2, -0.15) is 13.2 Å². The highest BCUT2D eigenvalue weighted by Crippen LogP contribution is 2.40. The number of benzene rings is 1. The van der Waals surface area contributed by atoms with E-state index in [1.165, 1.54) is 0 Å². The molecule has 0 saturated heterocycles. The molecule has 10 nitrogen and oxygen atoms in total. The van der Waals surface area contributed by atoms with E-state index < -0.39 is 52.7 Å². The third-order valence-electron chi connectivity index (χ3n) is 4.50. The van der Waals surface area contributed by atoms with E-state index in [9.17, 15) is 35.9 Å². The van der Waals surface area contributed by atoms with Crippen molar-refractivity contribution in [1.29, 1.82) is 0 Å². The molecular formula is C21H15F6N5O5. The molecule has 0 aliphatic carbocycles. The number of alkyl halides is 6. The van der Waals surface area contributed by atoms with Gasteiger partial charge in [-0.15, -0.1) is 13.2 Å². The molecule has 3 aromatic rings. The van der Waals surface area contributed by atoms with E-state index >= 15 is 0 Å². The Balaban J connectivity index is 2.02. The van der Waals surface area contributed by atoms with Gasteiger partial charge in [-0.1, -0.05) is 0 Å². The summed E-state index contributed by atoms with van der Waals surface area (Å²) in [5.74, 6) is -4.12. The Morgan fingerprint density at radius 2 is 1.59 bits per heavy atom. The number of nitrogens with zero attached hydrogens (tertiary/aromatic N) is 3. The summed E-state index contributed by atoms with van der Waals surface area (Å²) in [6.07, 6.45) is -7.31. The zero-order valence-corrected chi connectivity index (χ0v) is 18.7. The monoisotopic (exact) mass is 531 g/mol. The molecule has 0 bridgehead atoms. The van der Waals surface area contributed by atoms with Crippen molar-refractivity contribution in [3.05, 3.63) is 59.4 Å². The van der Waals surface area contributed by atoms with Gasteiger partial charge in [0.2, 0.25) is 5.82 Å². The van der Waals surface area contributed by atoms with E-state index in [0.717, 1.165) is 44.6 Å². The molecule has 0 aliphatic heterocycles. The first-order valence-corrected chi connectivity index (χ1v) is 9.81. The van der Waals surface area contributed by atoms with Crippen LogP contribution in [0.25, 0.3) is 0 Å². The van der Waals surface area contributed by atoms with Crippen LogP contribution in [0.1, 0.15) is 32.2 Å². The van der Waals surface area contributed by atoms with Crippen LogP contribution in [-0.2, 0) is 6.18 Å². The summed E-state index contributed by atoms with van der Waals surface area (Å²) in [5, 5.41) is 2.27. The summed E-state index contributed by atoms with van der Waals surface area (Å²) in [5.41, 5.74) is 2.32. The third kappa shape index (κ3) is 6.53. The van der Waals surface area contributed by atoms with E-state index in [1.54, 1.807) is 0 Å². The predicted molar refractivity (Wildman–Crippen MR) is 112 cm³/mol. The Hall–Kier alpha value is -4.63. The van der Waals surface area contributed by atoms with Crippen LogP contribution in [0.3, 0.4) is 0 Å². The topological polar surface area (TPSA) is 139 Å². The van der Waals surface area contributed by atoms with Crippen molar-refractivity contribution in [2.24, 2.45) is 5.73 Å². The number of pyridine rings is 1. The summed E-state index contributed by atoms with van der Waals surface area (Å²) >= 11 is 0. The van der Waals surface area contributed by atoms with Crippen LogP contribution in [-0.4, -0.2) is 40.2 Å². The van der Waals surface area contributed by atoms with Crippen LogP contribution in [0.5, 0.6) is 23.0 Å². The second kappa shape index (κ2) is 10.2. The minimum Gasteiger partial charge on any atom is -0.493 e. The molecule has 3 N–H and O–H groups in total. The summed E-state index contributed by atoms with van der Waals surface area (Å²) in [6, 6.07) is 2.68. The lowest BCUT2D eigenvalue weighted by Gasteiger charge is -2.18. The number of primary amides is 1. The average molecular weight is 531 g/mol. The van der Waals surface area contributed by atoms with Gasteiger partial charge in [0.25, 0.3) is 11.8 Å². The molecule has 2 amide bonds. The maximum atomic E-state index is 13.5. The van der Waals surface area contributed by atoms with Crippen molar-refractivity contribution in [1.82, 2.24) is 15.0 Å². The number of methoxy groups -OCH3 is 1. The number of hydrogen-bond acceptors (Lipinski definition) is 8. The van der Waals surface area contributed by atoms with Gasteiger partial charge in [-0.25, -0.2) is 15.0 Å². The van der Waals surface area contributed by atoms with Gasteiger partial charge in [0.1, 0.15) is 11.4 Å². The summed E-state index contributed by atoms with van der Waals surface area (Å²) in [6.45, 7) is 0.974. The number of hydrogen-bond donors (Lipinski definition) is 2. The molecule has 16 heteroatoms.